The number of hydrogen-bond acceptors (Lipinski definition) is 2. The predicted octanol–water partition coefficient (Wildman–Crippen LogP) is 2.62. The number of hydrogen-bond donors (Lipinski definition) is 1. The van der Waals surface area contributed by atoms with Crippen molar-refractivity contribution in [2.24, 2.45) is 0 Å². The van der Waals surface area contributed by atoms with Gasteiger partial charge in [-0.05, 0) is 47.6 Å². The molecule has 3 nitrogen and oxygen atoms in total. The summed E-state index contributed by atoms with van der Waals surface area (Å²) in [6.07, 6.45) is 0.829. The maximum atomic E-state index is 12.2. The van der Waals surface area contributed by atoms with Gasteiger partial charge in [-0.2, -0.15) is 0 Å². The van der Waals surface area contributed by atoms with E-state index in [0.717, 1.165) is 15.7 Å². The number of aliphatic hydroxyl groups excluding tert-OH is 1. The lowest BCUT2D eigenvalue weighted by atomic mass is 10.0. The van der Waals surface area contributed by atoms with E-state index in [-0.39, 0.29) is 5.56 Å². The van der Waals surface area contributed by atoms with Crippen molar-refractivity contribution in [3.63, 3.8) is 0 Å². The molecule has 0 aliphatic rings. The Morgan fingerprint density at radius 3 is 2.67 bits per heavy atom. The van der Waals surface area contributed by atoms with Crippen molar-refractivity contribution < 1.29 is 5.11 Å². The van der Waals surface area contributed by atoms with Crippen LogP contribution in [-0.2, 0) is 6.54 Å². The van der Waals surface area contributed by atoms with Gasteiger partial charge in [0.15, 0.2) is 0 Å². The van der Waals surface area contributed by atoms with E-state index in [1.165, 1.54) is 0 Å². The molecule has 4 heteroatoms. The summed E-state index contributed by atoms with van der Waals surface area (Å²) in [5.41, 5.74) is 1.28. The zero-order valence-electron chi connectivity index (χ0n) is 11.0. The summed E-state index contributed by atoms with van der Waals surface area (Å²) >= 11 is 2.11. The average Bonchev–Trinajstić information content (AvgIpc) is 2.37. The van der Waals surface area contributed by atoms with Gasteiger partial charge in [-0.1, -0.05) is 19.8 Å². The Labute approximate surface area is 121 Å². The Balaban J connectivity index is 3.25. The Bertz CT molecular complexity index is 537. The Morgan fingerprint density at radius 2 is 2.11 bits per heavy atom. The zero-order chi connectivity index (χ0) is 13.7. The molecule has 0 aliphatic carbocycles. The van der Waals surface area contributed by atoms with Gasteiger partial charge in [0, 0.05) is 12.0 Å². The first-order valence-electron chi connectivity index (χ1n) is 6.06. The predicted molar refractivity (Wildman–Crippen MR) is 81.5 cm³/mol. The third-order valence-electron chi connectivity index (χ3n) is 2.82. The second-order valence-electron chi connectivity index (χ2n) is 4.07. The normalized spacial score (nSPS) is 11.8. The maximum Gasteiger partial charge on any atom is 0.255 e. The summed E-state index contributed by atoms with van der Waals surface area (Å²) in [5.74, 6) is 5.93. The Hall–Kier alpha value is -0.800. The molecule has 0 fully saturated rings. The minimum atomic E-state index is -0.567. The largest absolute Gasteiger partial charge is 0.388 e. The smallest absolute Gasteiger partial charge is 0.255 e. The van der Waals surface area contributed by atoms with E-state index in [9.17, 15) is 9.90 Å². The molecule has 0 aromatic carbocycles. The second kappa shape index (κ2) is 6.95. The van der Waals surface area contributed by atoms with Crippen molar-refractivity contribution in [2.45, 2.75) is 46.3 Å². The summed E-state index contributed by atoms with van der Waals surface area (Å²) in [6.45, 7) is 6.05. The molecule has 0 spiro atoms. The lowest BCUT2D eigenvalue weighted by Crippen LogP contribution is -2.26. The average molecular weight is 359 g/mol. The van der Waals surface area contributed by atoms with Crippen LogP contribution in [0.2, 0.25) is 0 Å². The lowest BCUT2D eigenvalue weighted by molar-refractivity contribution is 0.172. The molecular weight excluding hydrogens is 341 g/mol. The van der Waals surface area contributed by atoms with E-state index in [1.807, 2.05) is 19.9 Å². The standard InChI is InChI=1S/C14H18INO2/c1-4-6-7-8-16-13(15)9-11(12(17)5-2)10(3)14(16)18/h9,12,17H,4-5,8H2,1-3H3. The number of nitrogens with zero attached hydrogens (tertiary/aromatic N) is 1. The van der Waals surface area contributed by atoms with Gasteiger partial charge in [-0.15, -0.1) is 5.92 Å². The molecule has 98 valence electrons. The van der Waals surface area contributed by atoms with E-state index in [2.05, 4.69) is 34.4 Å². The van der Waals surface area contributed by atoms with Gasteiger partial charge < -0.3 is 5.11 Å². The molecule has 1 rings (SSSR count). The van der Waals surface area contributed by atoms with Crippen LogP contribution in [-0.4, -0.2) is 9.67 Å². The highest BCUT2D eigenvalue weighted by Crippen LogP contribution is 2.20. The molecule has 1 atom stereocenters. The molecule has 18 heavy (non-hydrogen) atoms. The molecule has 1 unspecified atom stereocenters. The van der Waals surface area contributed by atoms with Gasteiger partial charge in [-0.25, -0.2) is 0 Å². The third kappa shape index (κ3) is 3.36. The number of aliphatic hydroxyl groups is 1. The van der Waals surface area contributed by atoms with Crippen molar-refractivity contribution in [1.82, 2.24) is 4.57 Å². The highest BCUT2D eigenvalue weighted by Gasteiger charge is 2.14. The van der Waals surface area contributed by atoms with Crippen LogP contribution < -0.4 is 5.56 Å². The summed E-state index contributed by atoms with van der Waals surface area (Å²) in [4.78, 5) is 12.2. The fourth-order valence-electron chi connectivity index (χ4n) is 1.71. The Kier molecular flexibility index (Phi) is 5.89. The molecular formula is C14H18INO2. The van der Waals surface area contributed by atoms with Crippen LogP contribution in [0.3, 0.4) is 0 Å². The van der Waals surface area contributed by atoms with Gasteiger partial charge in [0.2, 0.25) is 0 Å². The van der Waals surface area contributed by atoms with E-state index < -0.39 is 6.10 Å². The van der Waals surface area contributed by atoms with Gasteiger partial charge in [0.25, 0.3) is 5.56 Å². The van der Waals surface area contributed by atoms with Gasteiger partial charge >= 0.3 is 0 Å². The first kappa shape index (κ1) is 15.3. The van der Waals surface area contributed by atoms with Crippen LogP contribution >= 0.6 is 22.6 Å². The fraction of sp³-hybridized carbons (Fsp3) is 0.500. The van der Waals surface area contributed by atoms with Crippen molar-refractivity contribution in [1.29, 1.82) is 0 Å². The molecule has 1 N–H and O–H groups in total. The first-order chi connectivity index (χ1) is 8.52. The summed E-state index contributed by atoms with van der Waals surface area (Å²) in [7, 11) is 0. The van der Waals surface area contributed by atoms with Crippen molar-refractivity contribution in [3.8, 4) is 11.8 Å². The lowest BCUT2D eigenvalue weighted by Gasteiger charge is -2.14. The van der Waals surface area contributed by atoms with Gasteiger partial charge in [0.1, 0.15) is 0 Å². The number of pyridine rings is 1. The monoisotopic (exact) mass is 359 g/mol. The van der Waals surface area contributed by atoms with Crippen LogP contribution in [0.1, 0.15) is 43.9 Å². The maximum absolute atomic E-state index is 12.2. The Morgan fingerprint density at radius 1 is 1.44 bits per heavy atom. The topological polar surface area (TPSA) is 42.2 Å². The third-order valence-corrected chi connectivity index (χ3v) is 3.71. The zero-order valence-corrected chi connectivity index (χ0v) is 13.1. The molecule has 1 heterocycles. The van der Waals surface area contributed by atoms with Gasteiger partial charge in [-0.3, -0.25) is 9.36 Å². The molecule has 0 saturated carbocycles. The van der Waals surface area contributed by atoms with Crippen molar-refractivity contribution in [3.05, 3.63) is 31.2 Å². The van der Waals surface area contributed by atoms with E-state index >= 15 is 0 Å². The van der Waals surface area contributed by atoms with Crippen LogP contribution in [0.5, 0.6) is 0 Å². The molecule has 0 bridgehead atoms. The molecule has 0 amide bonds. The molecule has 1 aromatic heterocycles. The van der Waals surface area contributed by atoms with Crippen molar-refractivity contribution in [2.75, 3.05) is 0 Å². The van der Waals surface area contributed by atoms with Crippen LogP contribution in [0, 0.1) is 22.5 Å². The summed E-state index contributed by atoms with van der Waals surface area (Å²) in [6, 6.07) is 1.87. The van der Waals surface area contributed by atoms with E-state index in [1.54, 1.807) is 11.5 Å². The number of halogens is 1. The van der Waals surface area contributed by atoms with Gasteiger partial charge in [0.05, 0.1) is 16.3 Å². The second-order valence-corrected chi connectivity index (χ2v) is 5.18. The fourth-order valence-corrected chi connectivity index (χ4v) is 2.44. The quantitative estimate of drug-likeness (QED) is 0.512. The van der Waals surface area contributed by atoms with E-state index in [4.69, 9.17) is 0 Å². The highest BCUT2D eigenvalue weighted by atomic mass is 127. The minimum Gasteiger partial charge on any atom is -0.388 e. The molecule has 1 aromatic rings. The number of aromatic nitrogens is 1. The summed E-state index contributed by atoms with van der Waals surface area (Å²) in [5, 5.41) is 9.88. The molecule has 0 radical (unpaired) electrons. The van der Waals surface area contributed by atoms with Crippen molar-refractivity contribution >= 4 is 22.6 Å². The molecule has 0 saturated heterocycles. The summed E-state index contributed by atoms with van der Waals surface area (Å²) < 4.78 is 2.46. The molecule has 0 aliphatic heterocycles. The van der Waals surface area contributed by atoms with E-state index in [0.29, 0.717) is 18.5 Å². The minimum absolute atomic E-state index is 0.0604. The number of rotatable bonds is 3. The van der Waals surface area contributed by atoms with Crippen LogP contribution in [0.15, 0.2) is 10.9 Å². The highest BCUT2D eigenvalue weighted by molar-refractivity contribution is 14.1. The SMILES string of the molecule is CCC#CCn1c(I)cc(C(O)CC)c(C)c1=O. The first-order valence-corrected chi connectivity index (χ1v) is 7.14. The van der Waals surface area contributed by atoms with Crippen LogP contribution in [0.4, 0.5) is 0 Å². The van der Waals surface area contributed by atoms with Crippen LogP contribution in [0.25, 0.3) is 0 Å².